The van der Waals surface area contributed by atoms with Crippen LogP contribution in [0.5, 0.6) is 0 Å². The van der Waals surface area contributed by atoms with Gasteiger partial charge in [-0.3, -0.25) is 9.36 Å². The molecule has 1 aromatic carbocycles. The van der Waals surface area contributed by atoms with Gasteiger partial charge < -0.3 is 15.4 Å². The highest BCUT2D eigenvalue weighted by Crippen LogP contribution is 2.20. The van der Waals surface area contributed by atoms with Gasteiger partial charge in [-0.2, -0.15) is 0 Å². The maximum Gasteiger partial charge on any atom is 0.229 e. The molecule has 3 heterocycles. The standard InChI is InChI=1S/C18H18N6O2/c25-18(13-5-8-26-10-13)23-15-3-1-14(2-4-15)22-16-9-17(21-11-20-16)24-7-6-19-12-24/h1-4,6-7,9,11-13H,5,8,10H2,(H,23,25)(H,20,21,22)/t13-/m0/s1. The van der Waals surface area contributed by atoms with Gasteiger partial charge in [-0.15, -0.1) is 0 Å². The van der Waals surface area contributed by atoms with Gasteiger partial charge in [0.2, 0.25) is 5.91 Å². The number of carbonyl (C=O) groups excluding carboxylic acids is 1. The van der Waals surface area contributed by atoms with Gasteiger partial charge in [0.15, 0.2) is 0 Å². The van der Waals surface area contributed by atoms with Crippen molar-refractivity contribution in [2.24, 2.45) is 5.92 Å². The summed E-state index contributed by atoms with van der Waals surface area (Å²) < 4.78 is 7.05. The molecule has 4 rings (SSSR count). The Balaban J connectivity index is 1.41. The number of ether oxygens (including phenoxy) is 1. The van der Waals surface area contributed by atoms with Crippen molar-refractivity contribution in [2.75, 3.05) is 23.8 Å². The first-order chi connectivity index (χ1) is 12.8. The Labute approximate surface area is 150 Å². The predicted octanol–water partition coefficient (Wildman–Crippen LogP) is 2.38. The van der Waals surface area contributed by atoms with Gasteiger partial charge in [0.1, 0.15) is 24.3 Å². The smallest absolute Gasteiger partial charge is 0.229 e. The lowest BCUT2D eigenvalue weighted by molar-refractivity contribution is -0.119. The normalized spacial score (nSPS) is 16.4. The van der Waals surface area contributed by atoms with Crippen LogP contribution in [0.3, 0.4) is 0 Å². The number of aromatic nitrogens is 4. The Kier molecular flexibility index (Phi) is 4.57. The van der Waals surface area contributed by atoms with Gasteiger partial charge in [0.05, 0.1) is 12.5 Å². The zero-order chi connectivity index (χ0) is 17.8. The Morgan fingerprint density at radius 1 is 1.19 bits per heavy atom. The quantitative estimate of drug-likeness (QED) is 0.734. The van der Waals surface area contributed by atoms with Crippen LogP contribution < -0.4 is 10.6 Å². The fraction of sp³-hybridized carbons (Fsp3) is 0.222. The van der Waals surface area contributed by atoms with Crippen LogP contribution in [0.15, 0.2) is 55.4 Å². The zero-order valence-corrected chi connectivity index (χ0v) is 14.0. The first-order valence-corrected chi connectivity index (χ1v) is 8.34. The minimum absolute atomic E-state index is 0.00369. The van der Waals surface area contributed by atoms with Gasteiger partial charge in [-0.05, 0) is 30.7 Å². The van der Waals surface area contributed by atoms with Crippen molar-refractivity contribution in [3.8, 4) is 5.82 Å². The van der Waals surface area contributed by atoms with E-state index in [0.29, 0.717) is 19.0 Å². The number of hydrogen-bond acceptors (Lipinski definition) is 6. The Bertz CT molecular complexity index is 873. The molecular weight excluding hydrogens is 332 g/mol. The van der Waals surface area contributed by atoms with E-state index in [1.165, 1.54) is 6.33 Å². The maximum atomic E-state index is 12.1. The van der Waals surface area contributed by atoms with Crippen molar-refractivity contribution >= 4 is 23.1 Å². The number of rotatable bonds is 5. The summed E-state index contributed by atoms with van der Waals surface area (Å²) in [5.41, 5.74) is 1.62. The topological polar surface area (TPSA) is 94.0 Å². The molecule has 3 aromatic rings. The number of benzene rings is 1. The van der Waals surface area contributed by atoms with E-state index in [-0.39, 0.29) is 11.8 Å². The zero-order valence-electron chi connectivity index (χ0n) is 14.0. The van der Waals surface area contributed by atoms with Crippen LogP contribution >= 0.6 is 0 Å². The molecular formula is C18H18N6O2. The minimum Gasteiger partial charge on any atom is -0.381 e. The second-order valence-corrected chi connectivity index (χ2v) is 5.98. The molecule has 0 unspecified atom stereocenters. The summed E-state index contributed by atoms with van der Waals surface area (Å²) in [7, 11) is 0. The summed E-state index contributed by atoms with van der Waals surface area (Å²) in [6.07, 6.45) is 7.46. The van der Waals surface area contributed by atoms with Crippen LogP contribution in [0, 0.1) is 5.92 Å². The highest BCUT2D eigenvalue weighted by atomic mass is 16.5. The van der Waals surface area contributed by atoms with E-state index in [1.807, 2.05) is 36.5 Å². The van der Waals surface area contributed by atoms with Crippen molar-refractivity contribution in [1.82, 2.24) is 19.5 Å². The Morgan fingerprint density at radius 3 is 2.77 bits per heavy atom. The molecule has 1 aliphatic heterocycles. The molecule has 0 bridgehead atoms. The molecule has 1 atom stereocenters. The molecule has 8 heteroatoms. The molecule has 2 N–H and O–H groups in total. The van der Waals surface area contributed by atoms with E-state index in [2.05, 4.69) is 25.6 Å². The van der Waals surface area contributed by atoms with Gasteiger partial charge in [-0.25, -0.2) is 15.0 Å². The molecule has 132 valence electrons. The number of hydrogen-bond donors (Lipinski definition) is 2. The molecule has 1 aliphatic rings. The van der Waals surface area contributed by atoms with E-state index in [0.717, 1.165) is 23.6 Å². The van der Waals surface area contributed by atoms with Crippen LogP contribution in [-0.2, 0) is 9.53 Å². The molecule has 2 aromatic heterocycles. The van der Waals surface area contributed by atoms with E-state index >= 15 is 0 Å². The fourth-order valence-electron chi connectivity index (χ4n) is 2.72. The highest BCUT2D eigenvalue weighted by molar-refractivity contribution is 5.93. The number of anilines is 3. The van der Waals surface area contributed by atoms with Gasteiger partial charge in [0.25, 0.3) is 0 Å². The predicted molar refractivity (Wildman–Crippen MR) is 96.4 cm³/mol. The fourth-order valence-corrected chi connectivity index (χ4v) is 2.72. The summed E-state index contributed by atoms with van der Waals surface area (Å²) in [5.74, 6) is 1.34. The van der Waals surface area contributed by atoms with Crippen molar-refractivity contribution in [2.45, 2.75) is 6.42 Å². The SMILES string of the molecule is O=C(Nc1ccc(Nc2cc(-n3ccnc3)ncn2)cc1)[C@H]1CCOC1. The second-order valence-electron chi connectivity index (χ2n) is 5.98. The largest absolute Gasteiger partial charge is 0.381 e. The third-order valence-electron chi connectivity index (χ3n) is 4.15. The number of amides is 1. The first kappa shape index (κ1) is 16.2. The summed E-state index contributed by atoms with van der Waals surface area (Å²) in [6.45, 7) is 1.15. The monoisotopic (exact) mass is 350 g/mol. The van der Waals surface area contributed by atoms with E-state index in [4.69, 9.17) is 4.74 Å². The van der Waals surface area contributed by atoms with Gasteiger partial charge >= 0.3 is 0 Å². The van der Waals surface area contributed by atoms with Crippen LogP contribution in [0.4, 0.5) is 17.2 Å². The van der Waals surface area contributed by atoms with Crippen molar-refractivity contribution in [1.29, 1.82) is 0 Å². The minimum atomic E-state index is -0.0598. The Morgan fingerprint density at radius 2 is 2.04 bits per heavy atom. The summed E-state index contributed by atoms with van der Waals surface area (Å²) in [4.78, 5) is 24.6. The number of imidazole rings is 1. The first-order valence-electron chi connectivity index (χ1n) is 8.34. The number of carbonyl (C=O) groups is 1. The molecule has 1 fully saturated rings. The van der Waals surface area contributed by atoms with E-state index < -0.39 is 0 Å². The third kappa shape index (κ3) is 3.70. The van der Waals surface area contributed by atoms with Crippen molar-refractivity contribution in [3.63, 3.8) is 0 Å². The molecule has 0 spiro atoms. The maximum absolute atomic E-state index is 12.1. The Hall–Kier alpha value is -3.26. The molecule has 1 saturated heterocycles. The molecule has 8 nitrogen and oxygen atoms in total. The summed E-state index contributed by atoms with van der Waals surface area (Å²) in [5, 5.41) is 6.14. The van der Waals surface area contributed by atoms with Crippen LogP contribution in [0.2, 0.25) is 0 Å². The molecule has 1 amide bonds. The average molecular weight is 350 g/mol. The van der Waals surface area contributed by atoms with E-state index in [1.54, 1.807) is 17.1 Å². The number of nitrogens with one attached hydrogen (secondary N) is 2. The van der Waals surface area contributed by atoms with Crippen molar-refractivity contribution in [3.05, 3.63) is 55.4 Å². The van der Waals surface area contributed by atoms with Crippen molar-refractivity contribution < 1.29 is 9.53 Å². The average Bonchev–Trinajstić information content (AvgIpc) is 3.38. The molecule has 0 aliphatic carbocycles. The summed E-state index contributed by atoms with van der Waals surface area (Å²) >= 11 is 0. The lowest BCUT2D eigenvalue weighted by atomic mass is 10.1. The molecule has 0 saturated carbocycles. The number of nitrogens with zero attached hydrogens (tertiary/aromatic N) is 4. The molecule has 0 radical (unpaired) electrons. The third-order valence-corrected chi connectivity index (χ3v) is 4.15. The van der Waals surface area contributed by atoms with Crippen LogP contribution in [0.1, 0.15) is 6.42 Å². The molecule has 26 heavy (non-hydrogen) atoms. The second kappa shape index (κ2) is 7.32. The van der Waals surface area contributed by atoms with Gasteiger partial charge in [0, 0.05) is 36.4 Å². The van der Waals surface area contributed by atoms with E-state index in [9.17, 15) is 4.79 Å². The lowest BCUT2D eigenvalue weighted by Crippen LogP contribution is -2.22. The van der Waals surface area contributed by atoms with Gasteiger partial charge in [-0.1, -0.05) is 0 Å². The lowest BCUT2D eigenvalue weighted by Gasteiger charge is -2.11. The van der Waals surface area contributed by atoms with Crippen LogP contribution in [-0.4, -0.2) is 38.6 Å². The highest BCUT2D eigenvalue weighted by Gasteiger charge is 2.23. The van der Waals surface area contributed by atoms with Crippen LogP contribution in [0.25, 0.3) is 5.82 Å². The summed E-state index contributed by atoms with van der Waals surface area (Å²) in [6, 6.07) is 9.32.